The summed E-state index contributed by atoms with van der Waals surface area (Å²) in [7, 11) is 0. The summed E-state index contributed by atoms with van der Waals surface area (Å²) in [5.74, 6) is 0.0110. The number of nitrogens with zero attached hydrogens (tertiary/aromatic N) is 1. The zero-order valence-corrected chi connectivity index (χ0v) is 15.3. The lowest BCUT2D eigenvalue weighted by molar-refractivity contribution is -0.383. The number of rotatable bonds is 5. The van der Waals surface area contributed by atoms with Gasteiger partial charge in [-0.2, -0.15) is 0 Å². The molecule has 6 nitrogen and oxygen atoms in total. The lowest BCUT2D eigenvalue weighted by Crippen LogP contribution is -2.27. The van der Waals surface area contributed by atoms with Gasteiger partial charge in [0.05, 0.1) is 22.2 Å². The first-order chi connectivity index (χ1) is 14.1. The topological polar surface area (TPSA) is 93.6 Å². The summed E-state index contributed by atoms with van der Waals surface area (Å²) in [5, 5.41) is 23.2. The van der Waals surface area contributed by atoms with Gasteiger partial charge in [0.25, 0.3) is 5.69 Å². The quantitative estimate of drug-likeness (QED) is 0.370. The summed E-state index contributed by atoms with van der Waals surface area (Å²) >= 11 is 0. The van der Waals surface area contributed by atoms with Crippen molar-refractivity contribution in [3.8, 4) is 28.2 Å². The molecule has 29 heavy (non-hydrogen) atoms. The molecule has 0 aliphatic heterocycles. The number of phenols is 1. The molecule has 3 aromatic rings. The van der Waals surface area contributed by atoms with Crippen LogP contribution in [0.2, 0.25) is 0 Å². The molecule has 1 aromatic heterocycles. The van der Waals surface area contributed by atoms with E-state index < -0.39 is 10.3 Å². The van der Waals surface area contributed by atoms with Gasteiger partial charge in [-0.3, -0.25) is 10.1 Å². The molecule has 1 heterocycles. The van der Waals surface area contributed by atoms with Crippen LogP contribution < -0.4 is 0 Å². The second-order valence-electron chi connectivity index (χ2n) is 6.79. The summed E-state index contributed by atoms with van der Waals surface area (Å²) in [5.41, 5.74) is -0.364. The number of hydrogen-bond acceptors (Lipinski definition) is 5. The molecule has 0 amide bonds. The van der Waals surface area contributed by atoms with Crippen molar-refractivity contribution in [2.75, 3.05) is 0 Å². The van der Waals surface area contributed by atoms with Gasteiger partial charge in [-0.15, -0.1) is 0 Å². The third-order valence-corrected chi connectivity index (χ3v) is 5.09. The van der Waals surface area contributed by atoms with Crippen molar-refractivity contribution in [3.63, 3.8) is 0 Å². The standard InChI is InChI=1S/C23H17NO5/c25-15-23(11-5-2-6-12-23)21-18(26)14-17(16-8-3-1-4-9-16)22(24(27)28)20(21)19-10-7-13-29-19/h1-11,13-15,26H,12H2. The van der Waals surface area contributed by atoms with Gasteiger partial charge in [-0.05, 0) is 30.2 Å². The number of aromatic hydroxyl groups is 1. The predicted molar refractivity (Wildman–Crippen MR) is 109 cm³/mol. The number of carbonyl (C=O) groups is 1. The van der Waals surface area contributed by atoms with E-state index in [1.807, 2.05) is 0 Å². The van der Waals surface area contributed by atoms with E-state index >= 15 is 0 Å². The Morgan fingerprint density at radius 1 is 1.14 bits per heavy atom. The monoisotopic (exact) mass is 387 g/mol. The molecule has 0 saturated carbocycles. The Morgan fingerprint density at radius 3 is 2.52 bits per heavy atom. The van der Waals surface area contributed by atoms with Gasteiger partial charge in [0.2, 0.25) is 0 Å². The van der Waals surface area contributed by atoms with Crippen molar-refractivity contribution in [3.05, 3.63) is 94.8 Å². The highest BCUT2D eigenvalue weighted by Gasteiger charge is 2.40. The highest BCUT2D eigenvalue weighted by molar-refractivity contribution is 5.93. The molecule has 0 saturated heterocycles. The van der Waals surface area contributed by atoms with Crippen LogP contribution in [0.5, 0.6) is 5.75 Å². The van der Waals surface area contributed by atoms with Crippen molar-refractivity contribution >= 4 is 12.0 Å². The molecule has 1 N–H and O–H groups in total. The zero-order valence-electron chi connectivity index (χ0n) is 15.3. The van der Waals surface area contributed by atoms with E-state index in [9.17, 15) is 20.0 Å². The summed E-state index contributed by atoms with van der Waals surface area (Å²) in [4.78, 5) is 23.9. The average Bonchev–Trinajstić information content (AvgIpc) is 3.28. The maximum absolute atomic E-state index is 12.2. The van der Waals surface area contributed by atoms with Crippen LogP contribution in [0.3, 0.4) is 0 Å². The van der Waals surface area contributed by atoms with E-state index in [0.29, 0.717) is 11.8 Å². The molecule has 4 rings (SSSR count). The van der Waals surface area contributed by atoms with E-state index in [1.165, 1.54) is 12.3 Å². The van der Waals surface area contributed by atoms with Crippen LogP contribution in [-0.4, -0.2) is 16.3 Å². The maximum atomic E-state index is 12.2. The molecule has 6 heteroatoms. The van der Waals surface area contributed by atoms with E-state index in [0.717, 1.165) is 0 Å². The number of allylic oxidation sites excluding steroid dienone is 4. The molecular weight excluding hydrogens is 370 g/mol. The molecule has 0 radical (unpaired) electrons. The normalized spacial score (nSPS) is 17.9. The molecule has 1 aliphatic rings. The summed E-state index contributed by atoms with van der Waals surface area (Å²) < 4.78 is 5.50. The van der Waals surface area contributed by atoms with Crippen LogP contribution in [0.1, 0.15) is 12.0 Å². The van der Waals surface area contributed by atoms with Crippen LogP contribution in [0.25, 0.3) is 22.5 Å². The number of carbonyl (C=O) groups excluding carboxylic acids is 1. The summed E-state index contributed by atoms with van der Waals surface area (Å²) in [6.07, 6.45) is 9.30. The second-order valence-corrected chi connectivity index (χ2v) is 6.79. The van der Waals surface area contributed by atoms with Crippen LogP contribution in [0, 0.1) is 10.1 Å². The van der Waals surface area contributed by atoms with Gasteiger partial charge in [-0.1, -0.05) is 54.6 Å². The minimum Gasteiger partial charge on any atom is -0.508 e. The van der Waals surface area contributed by atoms with Crippen LogP contribution >= 0.6 is 0 Å². The highest BCUT2D eigenvalue weighted by atomic mass is 16.6. The van der Waals surface area contributed by atoms with E-state index in [2.05, 4.69) is 0 Å². The molecule has 0 fully saturated rings. The first-order valence-corrected chi connectivity index (χ1v) is 9.02. The molecule has 1 aliphatic carbocycles. The van der Waals surface area contributed by atoms with Gasteiger partial charge in [-0.25, -0.2) is 0 Å². The molecule has 144 valence electrons. The Kier molecular flexibility index (Phi) is 4.60. The van der Waals surface area contributed by atoms with Crippen molar-refractivity contribution in [2.45, 2.75) is 11.8 Å². The number of furan rings is 1. The van der Waals surface area contributed by atoms with Crippen molar-refractivity contribution < 1.29 is 19.2 Å². The highest BCUT2D eigenvalue weighted by Crippen LogP contribution is 2.50. The number of aldehydes is 1. The predicted octanol–water partition coefficient (Wildman–Crippen LogP) is 5.18. The smallest absolute Gasteiger partial charge is 0.288 e. The minimum atomic E-state index is -1.24. The van der Waals surface area contributed by atoms with Crippen molar-refractivity contribution in [1.82, 2.24) is 0 Å². The SMILES string of the molecule is O=CC1(c2c(O)cc(-c3ccccc3)c([N+](=O)[O-])c2-c2ccco2)C=CC=CC1. The Hall–Kier alpha value is -3.93. The maximum Gasteiger partial charge on any atom is 0.288 e. The van der Waals surface area contributed by atoms with Crippen LogP contribution in [0.4, 0.5) is 5.69 Å². The molecule has 0 bridgehead atoms. The Bertz CT molecular complexity index is 1130. The lowest BCUT2D eigenvalue weighted by Gasteiger charge is -2.28. The van der Waals surface area contributed by atoms with Gasteiger partial charge in [0.1, 0.15) is 23.4 Å². The Balaban J connectivity index is 2.14. The van der Waals surface area contributed by atoms with Gasteiger partial charge in [0.15, 0.2) is 0 Å². The van der Waals surface area contributed by atoms with Crippen molar-refractivity contribution in [2.24, 2.45) is 0 Å². The Morgan fingerprint density at radius 2 is 1.93 bits per heavy atom. The van der Waals surface area contributed by atoms with Crippen LogP contribution in [0.15, 0.2) is 83.5 Å². The van der Waals surface area contributed by atoms with E-state index in [1.54, 1.807) is 66.8 Å². The number of nitro benzene ring substituents is 1. The molecule has 1 atom stereocenters. The zero-order chi connectivity index (χ0) is 20.4. The third kappa shape index (κ3) is 3.04. The largest absolute Gasteiger partial charge is 0.508 e. The summed E-state index contributed by atoms with van der Waals surface area (Å²) in [6.45, 7) is 0. The third-order valence-electron chi connectivity index (χ3n) is 5.09. The minimum absolute atomic E-state index is 0.103. The number of benzene rings is 2. The number of hydrogen-bond donors (Lipinski definition) is 1. The van der Waals surface area contributed by atoms with E-state index in [4.69, 9.17) is 4.42 Å². The molecule has 0 spiro atoms. The fourth-order valence-corrected chi connectivity index (χ4v) is 3.79. The average molecular weight is 387 g/mol. The van der Waals surface area contributed by atoms with Gasteiger partial charge in [0, 0.05) is 5.56 Å². The summed E-state index contributed by atoms with van der Waals surface area (Å²) in [6, 6.07) is 13.3. The molecular formula is C23H17NO5. The van der Waals surface area contributed by atoms with Gasteiger partial charge < -0.3 is 14.3 Å². The number of phenolic OH excluding ortho intramolecular Hbond substituents is 1. The molecule has 1 unspecified atom stereocenters. The van der Waals surface area contributed by atoms with E-state index in [-0.39, 0.29) is 40.3 Å². The first kappa shape index (κ1) is 18.4. The lowest BCUT2D eigenvalue weighted by atomic mass is 9.73. The Labute approximate surface area is 166 Å². The fourth-order valence-electron chi connectivity index (χ4n) is 3.79. The fraction of sp³-hybridized carbons (Fsp3) is 0.0870. The van der Waals surface area contributed by atoms with Gasteiger partial charge >= 0.3 is 0 Å². The molecule has 2 aromatic carbocycles. The van der Waals surface area contributed by atoms with Crippen LogP contribution in [-0.2, 0) is 10.2 Å². The first-order valence-electron chi connectivity index (χ1n) is 9.02. The number of nitro groups is 1. The van der Waals surface area contributed by atoms with Crippen molar-refractivity contribution in [1.29, 1.82) is 0 Å². The second kappa shape index (κ2) is 7.24.